The molecule has 1 amide bonds. The van der Waals surface area contributed by atoms with Crippen LogP contribution >= 0.6 is 0 Å². The molecule has 0 atom stereocenters. The van der Waals surface area contributed by atoms with Gasteiger partial charge >= 0.3 is 0 Å². The third kappa shape index (κ3) is 3.20. The average molecular weight is 212 g/mol. The molecule has 0 unspecified atom stereocenters. The van der Waals surface area contributed by atoms with Crippen LogP contribution < -0.4 is 0 Å². The fourth-order valence-corrected chi connectivity index (χ4v) is 2.56. The largest absolute Gasteiger partial charge is 0.343 e. The van der Waals surface area contributed by atoms with Crippen molar-refractivity contribution >= 4 is 5.91 Å². The topological polar surface area (TPSA) is 23.6 Å². The molecule has 0 N–H and O–H groups in total. The van der Waals surface area contributed by atoms with Gasteiger partial charge in [0.05, 0.1) is 0 Å². The summed E-state index contributed by atoms with van der Waals surface area (Å²) in [5, 5.41) is 0. The van der Waals surface area contributed by atoms with Gasteiger partial charge in [-0.3, -0.25) is 9.69 Å². The lowest BCUT2D eigenvalue weighted by molar-refractivity contribution is -0.130. The minimum Gasteiger partial charge on any atom is -0.343 e. The minimum absolute atomic E-state index is 0.223. The molecule has 0 aromatic heterocycles. The number of amides is 1. The van der Waals surface area contributed by atoms with Crippen molar-refractivity contribution in [1.29, 1.82) is 0 Å². The van der Waals surface area contributed by atoms with Crippen molar-refractivity contribution in [3.8, 4) is 0 Å². The van der Waals surface area contributed by atoms with E-state index in [1.165, 1.54) is 0 Å². The third-order valence-corrected chi connectivity index (χ3v) is 3.41. The number of likely N-dealkylation sites (tertiary alicyclic amines) is 1. The standard InChI is InChI=1S/C12H24N2O/c1-5-14(10(2)3)12-6-8-13(9-7-12)11(4)15/h10,12H,5-9H2,1-4H3. The number of rotatable bonds is 3. The number of hydrogen-bond acceptors (Lipinski definition) is 2. The molecule has 0 aliphatic carbocycles. The van der Waals surface area contributed by atoms with E-state index in [1.807, 2.05) is 4.90 Å². The van der Waals surface area contributed by atoms with Gasteiger partial charge in [0.1, 0.15) is 0 Å². The van der Waals surface area contributed by atoms with Gasteiger partial charge in [0.15, 0.2) is 0 Å². The summed E-state index contributed by atoms with van der Waals surface area (Å²) in [4.78, 5) is 15.7. The number of piperidine rings is 1. The summed E-state index contributed by atoms with van der Waals surface area (Å²) >= 11 is 0. The molecule has 0 aromatic carbocycles. The van der Waals surface area contributed by atoms with Gasteiger partial charge in [-0.15, -0.1) is 0 Å². The molecule has 0 radical (unpaired) electrons. The van der Waals surface area contributed by atoms with Gasteiger partial charge < -0.3 is 4.90 Å². The predicted octanol–water partition coefficient (Wildman–Crippen LogP) is 1.73. The van der Waals surface area contributed by atoms with Crippen LogP contribution in [0.1, 0.15) is 40.5 Å². The maximum atomic E-state index is 11.2. The lowest BCUT2D eigenvalue weighted by atomic mass is 10.0. The quantitative estimate of drug-likeness (QED) is 0.711. The van der Waals surface area contributed by atoms with Crippen molar-refractivity contribution in [2.24, 2.45) is 0 Å². The summed E-state index contributed by atoms with van der Waals surface area (Å²) < 4.78 is 0. The molecule has 1 aliphatic rings. The van der Waals surface area contributed by atoms with Crippen molar-refractivity contribution < 1.29 is 4.79 Å². The molecule has 1 heterocycles. The lowest BCUT2D eigenvalue weighted by Gasteiger charge is -2.39. The van der Waals surface area contributed by atoms with Crippen molar-refractivity contribution in [3.63, 3.8) is 0 Å². The number of nitrogens with zero attached hydrogens (tertiary/aromatic N) is 2. The molecule has 1 aliphatic heterocycles. The van der Waals surface area contributed by atoms with E-state index in [2.05, 4.69) is 25.7 Å². The number of carbonyl (C=O) groups is 1. The zero-order valence-electron chi connectivity index (χ0n) is 10.5. The van der Waals surface area contributed by atoms with Gasteiger partial charge in [-0.1, -0.05) is 6.92 Å². The fraction of sp³-hybridized carbons (Fsp3) is 0.917. The lowest BCUT2D eigenvalue weighted by Crippen LogP contribution is -2.48. The second-order valence-electron chi connectivity index (χ2n) is 4.66. The molecule has 3 heteroatoms. The Hall–Kier alpha value is -0.570. The molecule has 1 rings (SSSR count). The van der Waals surface area contributed by atoms with Crippen molar-refractivity contribution in [3.05, 3.63) is 0 Å². The van der Waals surface area contributed by atoms with Gasteiger partial charge in [0, 0.05) is 32.1 Å². The Kier molecular flexibility index (Phi) is 4.58. The van der Waals surface area contributed by atoms with Gasteiger partial charge in [0.2, 0.25) is 5.91 Å². The Morgan fingerprint density at radius 2 is 1.93 bits per heavy atom. The maximum absolute atomic E-state index is 11.2. The molecule has 3 nitrogen and oxygen atoms in total. The van der Waals surface area contributed by atoms with E-state index in [0.717, 1.165) is 32.5 Å². The van der Waals surface area contributed by atoms with Crippen LogP contribution in [0, 0.1) is 0 Å². The smallest absolute Gasteiger partial charge is 0.219 e. The van der Waals surface area contributed by atoms with E-state index in [4.69, 9.17) is 0 Å². The second kappa shape index (κ2) is 5.50. The van der Waals surface area contributed by atoms with Gasteiger partial charge in [0.25, 0.3) is 0 Å². The SMILES string of the molecule is CCN(C(C)C)C1CCN(C(C)=O)CC1. The molecule has 88 valence electrons. The highest BCUT2D eigenvalue weighted by Crippen LogP contribution is 2.18. The Morgan fingerprint density at radius 1 is 1.40 bits per heavy atom. The van der Waals surface area contributed by atoms with Crippen LogP contribution in [-0.4, -0.2) is 47.4 Å². The monoisotopic (exact) mass is 212 g/mol. The Bertz CT molecular complexity index is 208. The first-order chi connectivity index (χ1) is 7.06. The first kappa shape index (κ1) is 12.5. The molecule has 0 spiro atoms. The van der Waals surface area contributed by atoms with E-state index in [9.17, 15) is 4.79 Å². The van der Waals surface area contributed by atoms with E-state index in [1.54, 1.807) is 6.92 Å². The van der Waals surface area contributed by atoms with Crippen molar-refractivity contribution in [2.45, 2.75) is 52.6 Å². The van der Waals surface area contributed by atoms with Crippen LogP contribution in [0.5, 0.6) is 0 Å². The van der Waals surface area contributed by atoms with Crippen LogP contribution in [-0.2, 0) is 4.79 Å². The zero-order valence-corrected chi connectivity index (χ0v) is 10.5. The average Bonchev–Trinajstić information content (AvgIpc) is 2.19. The summed E-state index contributed by atoms with van der Waals surface area (Å²) in [7, 11) is 0. The fourth-order valence-electron chi connectivity index (χ4n) is 2.56. The molecule has 15 heavy (non-hydrogen) atoms. The van der Waals surface area contributed by atoms with Gasteiger partial charge in [-0.25, -0.2) is 0 Å². The van der Waals surface area contributed by atoms with Crippen LogP contribution in [0.2, 0.25) is 0 Å². The highest BCUT2D eigenvalue weighted by Gasteiger charge is 2.25. The van der Waals surface area contributed by atoms with Gasteiger partial charge in [-0.05, 0) is 33.2 Å². The minimum atomic E-state index is 0.223. The molecule has 1 fully saturated rings. The van der Waals surface area contributed by atoms with E-state index in [0.29, 0.717) is 12.1 Å². The van der Waals surface area contributed by atoms with Crippen LogP contribution in [0.4, 0.5) is 0 Å². The van der Waals surface area contributed by atoms with Gasteiger partial charge in [-0.2, -0.15) is 0 Å². The molecular formula is C12H24N2O. The first-order valence-electron chi connectivity index (χ1n) is 6.07. The normalized spacial score (nSPS) is 18.9. The summed E-state index contributed by atoms with van der Waals surface area (Å²) in [6.07, 6.45) is 2.26. The molecule has 0 saturated carbocycles. The Morgan fingerprint density at radius 3 is 2.27 bits per heavy atom. The zero-order chi connectivity index (χ0) is 11.4. The van der Waals surface area contributed by atoms with E-state index in [-0.39, 0.29) is 5.91 Å². The summed E-state index contributed by atoms with van der Waals surface area (Å²) in [6, 6.07) is 1.29. The van der Waals surface area contributed by atoms with Crippen LogP contribution in [0.15, 0.2) is 0 Å². The van der Waals surface area contributed by atoms with Crippen molar-refractivity contribution in [2.75, 3.05) is 19.6 Å². The molecule has 1 saturated heterocycles. The summed E-state index contributed by atoms with van der Waals surface area (Å²) in [6.45, 7) is 11.4. The van der Waals surface area contributed by atoms with Crippen molar-refractivity contribution in [1.82, 2.24) is 9.80 Å². The summed E-state index contributed by atoms with van der Waals surface area (Å²) in [5.41, 5.74) is 0. The first-order valence-corrected chi connectivity index (χ1v) is 6.07. The maximum Gasteiger partial charge on any atom is 0.219 e. The molecule has 0 bridgehead atoms. The van der Waals surface area contributed by atoms with E-state index >= 15 is 0 Å². The van der Waals surface area contributed by atoms with E-state index < -0.39 is 0 Å². The molecular weight excluding hydrogens is 188 g/mol. The van der Waals surface area contributed by atoms with Crippen LogP contribution in [0.25, 0.3) is 0 Å². The third-order valence-electron chi connectivity index (χ3n) is 3.41. The highest BCUT2D eigenvalue weighted by atomic mass is 16.2. The second-order valence-corrected chi connectivity index (χ2v) is 4.66. The Balaban J connectivity index is 2.45. The Labute approximate surface area is 93.4 Å². The molecule has 0 aromatic rings. The van der Waals surface area contributed by atoms with Crippen LogP contribution in [0.3, 0.4) is 0 Å². The number of carbonyl (C=O) groups excluding carboxylic acids is 1. The number of hydrogen-bond donors (Lipinski definition) is 0. The predicted molar refractivity (Wildman–Crippen MR) is 62.8 cm³/mol. The summed E-state index contributed by atoms with van der Waals surface area (Å²) in [5.74, 6) is 0.223. The highest BCUT2D eigenvalue weighted by molar-refractivity contribution is 5.73.